The van der Waals surface area contributed by atoms with Gasteiger partial charge in [0.15, 0.2) is 0 Å². The Bertz CT molecular complexity index is 234. The molecule has 1 heterocycles. The van der Waals surface area contributed by atoms with Crippen LogP contribution >= 0.6 is 0 Å². The zero-order valence-corrected chi connectivity index (χ0v) is 10.4. The minimum absolute atomic E-state index is 0.105. The predicted octanol–water partition coefficient (Wildman–Crippen LogP) is 1.78. The highest BCUT2D eigenvalue weighted by atomic mass is 16.2. The number of carbonyl (C=O) groups excluding carboxylic acids is 1. The van der Waals surface area contributed by atoms with Crippen LogP contribution in [0.3, 0.4) is 0 Å². The van der Waals surface area contributed by atoms with Crippen molar-refractivity contribution in [1.82, 2.24) is 10.2 Å². The van der Waals surface area contributed by atoms with Crippen molar-refractivity contribution in [3.63, 3.8) is 0 Å². The summed E-state index contributed by atoms with van der Waals surface area (Å²) in [5.74, 6) is 1.09. The first-order chi connectivity index (χ1) is 7.77. The Morgan fingerprint density at radius 1 is 1.19 bits per heavy atom. The maximum atomic E-state index is 11.7. The Morgan fingerprint density at radius 2 is 1.88 bits per heavy atom. The molecule has 3 heteroatoms. The molecule has 0 spiro atoms. The molecule has 2 aliphatic rings. The molecule has 92 valence electrons. The summed E-state index contributed by atoms with van der Waals surface area (Å²) in [6, 6.07) is 0.105. The third-order valence-electron chi connectivity index (χ3n) is 4.06. The highest BCUT2D eigenvalue weighted by Gasteiger charge is 2.28. The third-order valence-corrected chi connectivity index (χ3v) is 4.06. The summed E-state index contributed by atoms with van der Waals surface area (Å²) >= 11 is 0. The predicted molar refractivity (Wildman–Crippen MR) is 65.2 cm³/mol. The smallest absolute Gasteiger partial charge is 0.239 e. The van der Waals surface area contributed by atoms with E-state index in [4.69, 9.17) is 0 Å². The van der Waals surface area contributed by atoms with Crippen LogP contribution in [-0.2, 0) is 4.79 Å². The maximum Gasteiger partial charge on any atom is 0.239 e. The van der Waals surface area contributed by atoms with E-state index in [9.17, 15) is 4.79 Å². The number of hydrogen-bond donors (Lipinski definition) is 1. The van der Waals surface area contributed by atoms with Crippen LogP contribution in [0.25, 0.3) is 0 Å². The second-order valence-corrected chi connectivity index (χ2v) is 5.37. The molecule has 1 atom stereocenters. The average molecular weight is 224 g/mol. The van der Waals surface area contributed by atoms with Gasteiger partial charge in [-0.3, -0.25) is 4.79 Å². The summed E-state index contributed by atoms with van der Waals surface area (Å²) in [4.78, 5) is 13.5. The quantitative estimate of drug-likeness (QED) is 0.741. The molecular weight excluding hydrogens is 200 g/mol. The fourth-order valence-electron chi connectivity index (χ4n) is 2.89. The number of carbonyl (C=O) groups is 1. The lowest BCUT2D eigenvalue weighted by molar-refractivity contribution is -0.128. The van der Waals surface area contributed by atoms with Crippen molar-refractivity contribution >= 4 is 5.91 Å². The summed E-state index contributed by atoms with van der Waals surface area (Å²) in [7, 11) is 1.90. The van der Waals surface area contributed by atoms with Crippen LogP contribution in [-0.4, -0.2) is 37.0 Å². The minimum atomic E-state index is 0.105. The van der Waals surface area contributed by atoms with Gasteiger partial charge in [0.05, 0.1) is 6.04 Å². The first-order valence-corrected chi connectivity index (χ1v) is 6.76. The monoisotopic (exact) mass is 224 g/mol. The second-order valence-electron chi connectivity index (χ2n) is 5.37. The molecule has 0 aromatic carbocycles. The van der Waals surface area contributed by atoms with E-state index in [1.165, 1.54) is 38.5 Å². The topological polar surface area (TPSA) is 32.3 Å². The molecule has 1 saturated heterocycles. The van der Waals surface area contributed by atoms with Crippen LogP contribution < -0.4 is 5.32 Å². The fraction of sp³-hybridized carbons (Fsp3) is 0.923. The molecule has 0 aromatic heterocycles. The number of rotatable bonds is 3. The van der Waals surface area contributed by atoms with Gasteiger partial charge in [0.1, 0.15) is 0 Å². The van der Waals surface area contributed by atoms with Gasteiger partial charge in [0.25, 0.3) is 0 Å². The van der Waals surface area contributed by atoms with Crippen molar-refractivity contribution < 1.29 is 4.79 Å². The van der Waals surface area contributed by atoms with Gasteiger partial charge in [-0.1, -0.05) is 25.7 Å². The summed E-state index contributed by atoms with van der Waals surface area (Å²) in [5, 5.41) is 3.47. The third kappa shape index (κ3) is 2.97. The number of amides is 1. The van der Waals surface area contributed by atoms with E-state index in [-0.39, 0.29) is 11.9 Å². The van der Waals surface area contributed by atoms with Crippen molar-refractivity contribution in [1.29, 1.82) is 0 Å². The van der Waals surface area contributed by atoms with Gasteiger partial charge in [-0.15, -0.1) is 0 Å². The lowest BCUT2D eigenvalue weighted by Gasteiger charge is -2.18. The summed E-state index contributed by atoms with van der Waals surface area (Å²) < 4.78 is 0. The first-order valence-electron chi connectivity index (χ1n) is 6.76. The van der Waals surface area contributed by atoms with E-state index in [0.717, 1.165) is 25.4 Å². The second kappa shape index (κ2) is 5.67. The molecule has 1 N–H and O–H groups in total. The first kappa shape index (κ1) is 11.9. The molecule has 1 aliphatic carbocycles. The zero-order valence-electron chi connectivity index (χ0n) is 10.4. The number of likely N-dealkylation sites (N-methyl/N-ethyl adjacent to an activating group) is 1. The Balaban J connectivity index is 1.72. The van der Waals surface area contributed by atoms with E-state index in [0.29, 0.717) is 0 Å². The number of likely N-dealkylation sites (tertiary alicyclic amines) is 1. The molecule has 1 amide bonds. The van der Waals surface area contributed by atoms with Gasteiger partial charge in [-0.25, -0.2) is 0 Å². The lowest BCUT2D eigenvalue weighted by atomic mass is 10.00. The molecule has 0 bridgehead atoms. The number of nitrogens with one attached hydrogen (secondary N) is 1. The fourth-order valence-corrected chi connectivity index (χ4v) is 2.89. The van der Waals surface area contributed by atoms with Crippen LogP contribution in [0.4, 0.5) is 0 Å². The van der Waals surface area contributed by atoms with E-state index in [1.54, 1.807) is 0 Å². The molecule has 1 aliphatic heterocycles. The molecule has 3 nitrogen and oxygen atoms in total. The standard InChI is InChI=1S/C13H24N2O/c1-15-9-8-12(13(15)16)14-10-11-6-4-2-3-5-7-11/h11-12,14H,2-10H2,1H3. The Labute approximate surface area is 98.6 Å². The van der Waals surface area contributed by atoms with E-state index < -0.39 is 0 Å². The molecule has 0 radical (unpaired) electrons. The zero-order chi connectivity index (χ0) is 11.4. The van der Waals surface area contributed by atoms with Gasteiger partial charge < -0.3 is 10.2 Å². The minimum Gasteiger partial charge on any atom is -0.344 e. The van der Waals surface area contributed by atoms with Crippen LogP contribution in [0.15, 0.2) is 0 Å². The maximum absolute atomic E-state index is 11.7. The normalized spacial score (nSPS) is 28.4. The summed E-state index contributed by atoms with van der Waals surface area (Å²) in [6.45, 7) is 1.96. The van der Waals surface area contributed by atoms with Gasteiger partial charge in [-0.05, 0) is 31.7 Å². The highest BCUT2D eigenvalue weighted by molar-refractivity contribution is 5.83. The van der Waals surface area contributed by atoms with E-state index in [2.05, 4.69) is 5.32 Å². The molecule has 2 fully saturated rings. The van der Waals surface area contributed by atoms with Crippen molar-refractivity contribution in [2.75, 3.05) is 20.1 Å². The lowest BCUT2D eigenvalue weighted by Crippen LogP contribution is -2.39. The number of nitrogens with zero attached hydrogens (tertiary/aromatic N) is 1. The van der Waals surface area contributed by atoms with Crippen LogP contribution in [0.2, 0.25) is 0 Å². The van der Waals surface area contributed by atoms with Crippen LogP contribution in [0, 0.1) is 5.92 Å². The van der Waals surface area contributed by atoms with Crippen molar-refractivity contribution in [3.8, 4) is 0 Å². The van der Waals surface area contributed by atoms with Crippen molar-refractivity contribution in [2.24, 2.45) is 5.92 Å². The van der Waals surface area contributed by atoms with Gasteiger partial charge in [-0.2, -0.15) is 0 Å². The molecular formula is C13H24N2O. The molecule has 0 aromatic rings. The largest absolute Gasteiger partial charge is 0.344 e. The molecule has 1 saturated carbocycles. The highest BCUT2D eigenvalue weighted by Crippen LogP contribution is 2.22. The summed E-state index contributed by atoms with van der Waals surface area (Å²) in [6.07, 6.45) is 9.26. The Kier molecular flexibility index (Phi) is 4.22. The van der Waals surface area contributed by atoms with E-state index >= 15 is 0 Å². The van der Waals surface area contributed by atoms with Crippen molar-refractivity contribution in [2.45, 2.75) is 51.0 Å². The molecule has 2 rings (SSSR count). The SMILES string of the molecule is CN1CCC(NCC2CCCCCC2)C1=O. The van der Waals surface area contributed by atoms with Gasteiger partial charge in [0.2, 0.25) is 5.91 Å². The molecule has 16 heavy (non-hydrogen) atoms. The molecule has 1 unspecified atom stereocenters. The van der Waals surface area contributed by atoms with Crippen LogP contribution in [0.1, 0.15) is 44.9 Å². The Hall–Kier alpha value is -0.570. The van der Waals surface area contributed by atoms with E-state index in [1.807, 2.05) is 11.9 Å². The van der Waals surface area contributed by atoms with Crippen molar-refractivity contribution in [3.05, 3.63) is 0 Å². The van der Waals surface area contributed by atoms with Gasteiger partial charge in [0, 0.05) is 13.6 Å². The van der Waals surface area contributed by atoms with Gasteiger partial charge >= 0.3 is 0 Å². The average Bonchev–Trinajstić information content (AvgIpc) is 2.53. The number of hydrogen-bond acceptors (Lipinski definition) is 2. The van der Waals surface area contributed by atoms with Crippen LogP contribution in [0.5, 0.6) is 0 Å². The summed E-state index contributed by atoms with van der Waals surface area (Å²) in [5.41, 5.74) is 0. The Morgan fingerprint density at radius 3 is 2.44 bits per heavy atom.